The Bertz CT molecular complexity index is 435. The van der Waals surface area contributed by atoms with Gasteiger partial charge in [-0.15, -0.1) is 0 Å². The van der Waals surface area contributed by atoms with Crippen molar-refractivity contribution in [2.45, 2.75) is 79.6 Å². The minimum absolute atomic E-state index is 0.384. The van der Waals surface area contributed by atoms with Gasteiger partial charge in [0.1, 0.15) is 11.5 Å². The van der Waals surface area contributed by atoms with Crippen LogP contribution in [0.1, 0.15) is 77.8 Å². The summed E-state index contributed by atoms with van der Waals surface area (Å²) >= 11 is 0. The molecule has 1 aromatic carbocycles. The molecule has 0 saturated carbocycles. The largest absolute Gasteiger partial charge is 0.496 e. The number of ether oxygens (including phenoxy) is 1. The predicted molar refractivity (Wildman–Crippen MR) is 100 cm³/mol. The Labute approximate surface area is 143 Å². The Kier molecular flexibility index (Phi) is 12.4. The van der Waals surface area contributed by atoms with Crippen molar-refractivity contribution in [1.82, 2.24) is 0 Å². The molecule has 0 heterocycles. The number of Topliss-reactive ketones (excluding diaryl/α,β-unsaturated/α-hetero) is 1. The summed E-state index contributed by atoms with van der Waals surface area (Å²) in [4.78, 5) is 11.4. The summed E-state index contributed by atoms with van der Waals surface area (Å²) in [7, 11) is 1.71. The molecule has 0 aliphatic rings. The Morgan fingerprint density at radius 1 is 1.13 bits per heavy atom. The highest BCUT2D eigenvalue weighted by atomic mass is 16.5. The van der Waals surface area contributed by atoms with Gasteiger partial charge in [0.25, 0.3) is 0 Å². The molecule has 2 heteroatoms. The van der Waals surface area contributed by atoms with Gasteiger partial charge in [0, 0.05) is 12.8 Å². The smallest absolute Gasteiger partial charge is 0.132 e. The summed E-state index contributed by atoms with van der Waals surface area (Å²) in [5, 5.41) is 0. The minimum atomic E-state index is 0.384. The van der Waals surface area contributed by atoms with E-state index in [0.29, 0.717) is 12.2 Å². The van der Waals surface area contributed by atoms with Crippen LogP contribution < -0.4 is 4.74 Å². The second-order valence-corrected chi connectivity index (χ2v) is 6.44. The van der Waals surface area contributed by atoms with E-state index in [-0.39, 0.29) is 0 Å². The number of carbonyl (C=O) groups excluding carboxylic acids is 1. The molecular weight excluding hydrogens is 284 g/mol. The maximum atomic E-state index is 11.4. The van der Waals surface area contributed by atoms with Crippen molar-refractivity contribution in [2.75, 3.05) is 7.11 Å². The second-order valence-electron chi connectivity index (χ2n) is 6.44. The number of carbonyl (C=O) groups is 1. The van der Waals surface area contributed by atoms with Crippen LogP contribution in [0.3, 0.4) is 0 Å². The number of hydrogen-bond acceptors (Lipinski definition) is 2. The van der Waals surface area contributed by atoms with Gasteiger partial charge in [0.2, 0.25) is 0 Å². The molecule has 0 bridgehead atoms. The van der Waals surface area contributed by atoms with E-state index in [0.717, 1.165) is 43.8 Å². The molecule has 0 N–H and O–H groups in total. The molecule has 0 amide bonds. The van der Waals surface area contributed by atoms with Crippen molar-refractivity contribution in [1.29, 1.82) is 0 Å². The molecule has 1 aromatic rings. The molecule has 0 radical (unpaired) electrons. The van der Waals surface area contributed by atoms with E-state index in [2.05, 4.69) is 45.9 Å². The van der Waals surface area contributed by atoms with E-state index in [1.807, 2.05) is 6.92 Å². The van der Waals surface area contributed by atoms with E-state index in [4.69, 9.17) is 4.74 Å². The third-order valence-electron chi connectivity index (χ3n) is 4.00. The maximum Gasteiger partial charge on any atom is 0.132 e. The van der Waals surface area contributed by atoms with Crippen molar-refractivity contribution in [3.63, 3.8) is 0 Å². The minimum Gasteiger partial charge on any atom is -0.496 e. The van der Waals surface area contributed by atoms with Crippen LogP contribution in [0, 0.1) is 5.92 Å². The number of ketones is 1. The van der Waals surface area contributed by atoms with Crippen LogP contribution >= 0.6 is 0 Å². The van der Waals surface area contributed by atoms with Gasteiger partial charge in [-0.2, -0.15) is 0 Å². The van der Waals surface area contributed by atoms with Crippen LogP contribution in [0.15, 0.2) is 18.2 Å². The van der Waals surface area contributed by atoms with Crippen LogP contribution in [0.5, 0.6) is 5.75 Å². The highest BCUT2D eigenvalue weighted by Crippen LogP contribution is 2.21. The summed E-state index contributed by atoms with van der Waals surface area (Å²) in [5.41, 5.74) is 2.50. The van der Waals surface area contributed by atoms with E-state index < -0.39 is 0 Å². The highest BCUT2D eigenvalue weighted by Gasteiger charge is 2.04. The van der Waals surface area contributed by atoms with Gasteiger partial charge in [0.15, 0.2) is 0 Å². The van der Waals surface area contributed by atoms with Crippen LogP contribution in [0.4, 0.5) is 0 Å². The zero-order valence-corrected chi connectivity index (χ0v) is 16.1. The molecule has 23 heavy (non-hydrogen) atoms. The van der Waals surface area contributed by atoms with Gasteiger partial charge in [0.05, 0.1) is 7.11 Å². The first kappa shape index (κ1) is 21.7. The van der Waals surface area contributed by atoms with Crippen LogP contribution in [0.25, 0.3) is 0 Å². The second kappa shape index (κ2) is 13.2. The van der Waals surface area contributed by atoms with Gasteiger partial charge in [-0.3, -0.25) is 4.79 Å². The zero-order valence-electron chi connectivity index (χ0n) is 16.1. The molecule has 0 unspecified atom stereocenters. The van der Waals surface area contributed by atoms with Crippen LogP contribution in [-0.2, 0) is 17.6 Å². The van der Waals surface area contributed by atoms with Crippen molar-refractivity contribution >= 4 is 5.78 Å². The lowest BCUT2D eigenvalue weighted by Gasteiger charge is -2.09. The predicted octanol–water partition coefficient (Wildman–Crippen LogP) is 6.00. The number of rotatable bonds is 9. The van der Waals surface area contributed by atoms with Gasteiger partial charge < -0.3 is 4.74 Å². The van der Waals surface area contributed by atoms with Crippen LogP contribution in [0.2, 0.25) is 0 Å². The lowest BCUT2D eigenvalue weighted by Crippen LogP contribution is -1.98. The standard InChI is InChI=1S/C16H24O2.C5H12/c1-4-7-15(17)9-6-8-13-10-11-14(5-2)16(12-13)18-3;1-4-5(2)3/h10-12H,4-9H2,1-3H3;5H,4H2,1-3H3. The Morgan fingerprint density at radius 3 is 2.26 bits per heavy atom. The van der Waals surface area contributed by atoms with E-state index in [1.165, 1.54) is 17.5 Å². The van der Waals surface area contributed by atoms with E-state index >= 15 is 0 Å². The molecule has 0 aliphatic heterocycles. The zero-order chi connectivity index (χ0) is 17.7. The van der Waals surface area contributed by atoms with Crippen molar-refractivity contribution < 1.29 is 9.53 Å². The Balaban J connectivity index is 0.000000841. The highest BCUT2D eigenvalue weighted by molar-refractivity contribution is 5.78. The number of hydrogen-bond donors (Lipinski definition) is 0. The summed E-state index contributed by atoms with van der Waals surface area (Å²) < 4.78 is 5.38. The monoisotopic (exact) mass is 320 g/mol. The third kappa shape index (κ3) is 10.1. The normalized spacial score (nSPS) is 10.2. The molecule has 132 valence electrons. The quantitative estimate of drug-likeness (QED) is 0.557. The number of methoxy groups -OCH3 is 1. The molecule has 1 rings (SSSR count). The Hall–Kier alpha value is -1.31. The number of aryl methyl sites for hydroxylation is 2. The Morgan fingerprint density at radius 2 is 1.78 bits per heavy atom. The summed E-state index contributed by atoms with van der Waals surface area (Å²) in [6, 6.07) is 6.37. The fourth-order valence-corrected chi connectivity index (χ4v) is 2.13. The summed E-state index contributed by atoms with van der Waals surface area (Å²) in [6.45, 7) is 10.8. The first-order chi connectivity index (χ1) is 11.0. The van der Waals surface area contributed by atoms with Crippen molar-refractivity contribution in [2.24, 2.45) is 5.92 Å². The van der Waals surface area contributed by atoms with Crippen molar-refractivity contribution in [3.8, 4) is 5.75 Å². The molecule has 0 aromatic heterocycles. The van der Waals surface area contributed by atoms with Gasteiger partial charge in [-0.25, -0.2) is 0 Å². The molecule has 0 atom stereocenters. The lowest BCUT2D eigenvalue weighted by atomic mass is 10.0. The van der Waals surface area contributed by atoms with Crippen LogP contribution in [-0.4, -0.2) is 12.9 Å². The average molecular weight is 321 g/mol. The topological polar surface area (TPSA) is 26.3 Å². The maximum absolute atomic E-state index is 11.4. The molecule has 2 nitrogen and oxygen atoms in total. The molecule has 0 fully saturated rings. The molecule has 0 saturated heterocycles. The van der Waals surface area contributed by atoms with E-state index in [1.54, 1.807) is 7.11 Å². The fourth-order valence-electron chi connectivity index (χ4n) is 2.13. The summed E-state index contributed by atoms with van der Waals surface area (Å²) in [6.07, 6.45) is 6.56. The van der Waals surface area contributed by atoms with E-state index in [9.17, 15) is 4.79 Å². The van der Waals surface area contributed by atoms with Crippen molar-refractivity contribution in [3.05, 3.63) is 29.3 Å². The fraction of sp³-hybridized carbons (Fsp3) is 0.667. The van der Waals surface area contributed by atoms with Gasteiger partial charge in [-0.1, -0.05) is 53.2 Å². The first-order valence-corrected chi connectivity index (χ1v) is 9.15. The summed E-state index contributed by atoms with van der Waals surface area (Å²) in [5.74, 6) is 2.24. The molecule has 0 spiro atoms. The SMILES string of the molecule is CCC(C)C.CCCC(=O)CCCc1ccc(CC)c(OC)c1. The number of benzene rings is 1. The molecule has 0 aliphatic carbocycles. The first-order valence-electron chi connectivity index (χ1n) is 9.15. The van der Waals surface area contributed by atoms with Gasteiger partial charge >= 0.3 is 0 Å². The average Bonchev–Trinajstić information content (AvgIpc) is 2.55. The third-order valence-corrected chi connectivity index (χ3v) is 4.00. The lowest BCUT2D eigenvalue weighted by molar-refractivity contribution is -0.119. The van der Waals surface area contributed by atoms with Gasteiger partial charge in [-0.05, 0) is 48.8 Å². The molecular formula is C21H36O2.